The molecule has 0 spiro atoms. The predicted molar refractivity (Wildman–Crippen MR) is 65.4 cm³/mol. The first-order chi connectivity index (χ1) is 10.9. The maximum Gasteiger partial charge on any atom is 0.438 e. The lowest BCUT2D eigenvalue weighted by Gasteiger charge is -2.11. The summed E-state index contributed by atoms with van der Waals surface area (Å²) >= 11 is 0. The van der Waals surface area contributed by atoms with Gasteiger partial charge in [-0.2, -0.15) is 31.4 Å². The summed E-state index contributed by atoms with van der Waals surface area (Å²) in [6, 6.07) is 1.77. The quantitative estimate of drug-likeness (QED) is 0.841. The standard InChI is InChI=1S/C12H7F7N4O/c1-23-9(6(13)8(22-23)12(17,18)19)21-10(24)5-3-2-4-20-7(5)11(14,15)16/h2-4H,1H3,(H,21,24). The maximum atomic E-state index is 13.7. The van der Waals surface area contributed by atoms with Crippen molar-refractivity contribution in [3.63, 3.8) is 0 Å². The van der Waals surface area contributed by atoms with E-state index in [4.69, 9.17) is 0 Å². The molecule has 24 heavy (non-hydrogen) atoms. The van der Waals surface area contributed by atoms with Crippen molar-refractivity contribution in [2.75, 3.05) is 5.32 Å². The van der Waals surface area contributed by atoms with Crippen LogP contribution in [0.4, 0.5) is 36.6 Å². The molecule has 2 aromatic rings. The van der Waals surface area contributed by atoms with E-state index in [2.05, 4.69) is 10.1 Å². The lowest BCUT2D eigenvalue weighted by Crippen LogP contribution is -2.21. The van der Waals surface area contributed by atoms with Crippen LogP contribution in [0.1, 0.15) is 21.7 Å². The normalized spacial score (nSPS) is 12.3. The van der Waals surface area contributed by atoms with Crippen LogP contribution in [0.3, 0.4) is 0 Å². The minimum absolute atomic E-state index is 0.361. The highest BCUT2D eigenvalue weighted by molar-refractivity contribution is 6.04. The highest BCUT2D eigenvalue weighted by atomic mass is 19.4. The van der Waals surface area contributed by atoms with Crippen LogP contribution in [0.25, 0.3) is 0 Å². The van der Waals surface area contributed by atoms with Crippen LogP contribution < -0.4 is 5.32 Å². The first-order valence-corrected chi connectivity index (χ1v) is 6.06. The lowest BCUT2D eigenvalue weighted by molar-refractivity contribution is -0.144. The van der Waals surface area contributed by atoms with Gasteiger partial charge in [-0.15, -0.1) is 0 Å². The Labute approximate surface area is 129 Å². The number of hydrogen-bond acceptors (Lipinski definition) is 3. The largest absolute Gasteiger partial charge is 0.438 e. The number of anilines is 1. The van der Waals surface area contributed by atoms with Crippen LogP contribution in [0.5, 0.6) is 0 Å². The van der Waals surface area contributed by atoms with Gasteiger partial charge in [-0.25, -0.2) is 9.07 Å². The molecule has 0 atom stereocenters. The fourth-order valence-corrected chi connectivity index (χ4v) is 1.80. The molecule has 2 heterocycles. The Morgan fingerprint density at radius 3 is 2.21 bits per heavy atom. The van der Waals surface area contributed by atoms with Crippen molar-refractivity contribution in [2.24, 2.45) is 7.05 Å². The molecule has 0 saturated heterocycles. The Hall–Kier alpha value is -2.66. The SMILES string of the molecule is Cn1nc(C(F)(F)F)c(F)c1NC(=O)c1cccnc1C(F)(F)F. The van der Waals surface area contributed by atoms with Gasteiger partial charge in [-0.1, -0.05) is 0 Å². The summed E-state index contributed by atoms with van der Waals surface area (Å²) in [5, 5.41) is 4.51. The highest BCUT2D eigenvalue weighted by Gasteiger charge is 2.41. The molecular formula is C12H7F7N4O. The number of pyridine rings is 1. The molecule has 0 radical (unpaired) electrons. The van der Waals surface area contributed by atoms with Gasteiger partial charge in [0.25, 0.3) is 5.91 Å². The summed E-state index contributed by atoms with van der Waals surface area (Å²) in [4.78, 5) is 14.9. The number of carbonyl (C=O) groups is 1. The topological polar surface area (TPSA) is 59.8 Å². The summed E-state index contributed by atoms with van der Waals surface area (Å²) in [5.41, 5.74) is -4.43. The lowest BCUT2D eigenvalue weighted by atomic mass is 10.1. The van der Waals surface area contributed by atoms with E-state index in [0.717, 1.165) is 25.4 Å². The van der Waals surface area contributed by atoms with Crippen molar-refractivity contribution in [1.82, 2.24) is 14.8 Å². The molecular weight excluding hydrogens is 349 g/mol. The van der Waals surface area contributed by atoms with Gasteiger partial charge < -0.3 is 5.32 Å². The maximum absolute atomic E-state index is 13.7. The molecule has 0 saturated carbocycles. The molecule has 2 aromatic heterocycles. The number of alkyl halides is 6. The third kappa shape index (κ3) is 3.31. The first kappa shape index (κ1) is 17.7. The van der Waals surface area contributed by atoms with Gasteiger partial charge in [-0.05, 0) is 12.1 Å². The van der Waals surface area contributed by atoms with E-state index < -0.39 is 46.8 Å². The smallest absolute Gasteiger partial charge is 0.304 e. The molecule has 0 fully saturated rings. The van der Waals surface area contributed by atoms with Crippen LogP contribution in [-0.4, -0.2) is 20.7 Å². The van der Waals surface area contributed by atoms with Gasteiger partial charge in [0.15, 0.2) is 17.3 Å². The number of aromatic nitrogens is 3. The third-order valence-corrected chi connectivity index (χ3v) is 2.81. The van der Waals surface area contributed by atoms with Gasteiger partial charge >= 0.3 is 12.4 Å². The third-order valence-electron chi connectivity index (χ3n) is 2.81. The van der Waals surface area contributed by atoms with E-state index in [-0.39, 0.29) is 0 Å². The second-order valence-corrected chi connectivity index (χ2v) is 4.48. The van der Waals surface area contributed by atoms with Crippen molar-refractivity contribution in [2.45, 2.75) is 12.4 Å². The van der Waals surface area contributed by atoms with Crippen molar-refractivity contribution in [1.29, 1.82) is 0 Å². The van der Waals surface area contributed by atoms with Crippen LogP contribution in [0.15, 0.2) is 18.3 Å². The number of rotatable bonds is 2. The molecule has 1 amide bonds. The van der Waals surface area contributed by atoms with Gasteiger partial charge in [0.1, 0.15) is 0 Å². The summed E-state index contributed by atoms with van der Waals surface area (Å²) in [6.45, 7) is 0. The van der Waals surface area contributed by atoms with Gasteiger partial charge in [0.05, 0.1) is 5.56 Å². The van der Waals surface area contributed by atoms with E-state index in [1.165, 1.54) is 0 Å². The molecule has 1 N–H and O–H groups in total. The van der Waals surface area contributed by atoms with E-state index in [0.29, 0.717) is 4.68 Å². The average Bonchev–Trinajstić information content (AvgIpc) is 2.74. The fraction of sp³-hybridized carbons (Fsp3) is 0.250. The number of carbonyl (C=O) groups excluding carboxylic acids is 1. The molecule has 0 bridgehead atoms. The monoisotopic (exact) mass is 356 g/mol. The first-order valence-electron chi connectivity index (χ1n) is 6.06. The van der Waals surface area contributed by atoms with Crippen molar-refractivity contribution < 1.29 is 35.5 Å². The second-order valence-electron chi connectivity index (χ2n) is 4.48. The second kappa shape index (κ2) is 5.76. The molecule has 2 rings (SSSR count). The zero-order valence-corrected chi connectivity index (χ0v) is 11.6. The number of nitrogens with one attached hydrogen (secondary N) is 1. The predicted octanol–water partition coefficient (Wildman–Crippen LogP) is 3.24. The van der Waals surface area contributed by atoms with Crippen LogP contribution in [0, 0.1) is 5.82 Å². The summed E-state index contributed by atoms with van der Waals surface area (Å²) in [5.74, 6) is -4.41. The molecule has 0 unspecified atom stereocenters. The minimum Gasteiger partial charge on any atom is -0.304 e. The Bertz CT molecular complexity index is 779. The minimum atomic E-state index is -5.13. The van der Waals surface area contributed by atoms with Crippen LogP contribution >= 0.6 is 0 Å². The molecule has 12 heteroatoms. The highest BCUT2D eigenvalue weighted by Crippen LogP contribution is 2.34. The van der Waals surface area contributed by atoms with Gasteiger partial charge in [0, 0.05) is 13.2 Å². The number of nitrogens with zero attached hydrogens (tertiary/aromatic N) is 3. The number of aryl methyl sites for hydroxylation is 1. The summed E-state index contributed by atoms with van der Waals surface area (Å²) < 4.78 is 90.1. The summed E-state index contributed by atoms with van der Waals surface area (Å²) in [6.07, 6.45) is -9.32. The Morgan fingerprint density at radius 1 is 1.12 bits per heavy atom. The van der Waals surface area contributed by atoms with E-state index in [9.17, 15) is 35.5 Å². The number of halogens is 7. The molecule has 0 aliphatic rings. The molecule has 0 aliphatic carbocycles. The van der Waals surface area contributed by atoms with Gasteiger partial charge in [0.2, 0.25) is 5.69 Å². The molecule has 130 valence electrons. The zero-order valence-electron chi connectivity index (χ0n) is 11.6. The van der Waals surface area contributed by atoms with Crippen LogP contribution in [0.2, 0.25) is 0 Å². The van der Waals surface area contributed by atoms with E-state index in [1.807, 2.05) is 0 Å². The van der Waals surface area contributed by atoms with E-state index >= 15 is 0 Å². The number of hydrogen-bond donors (Lipinski definition) is 1. The average molecular weight is 356 g/mol. The Kier molecular flexibility index (Phi) is 4.25. The molecule has 0 aromatic carbocycles. The Morgan fingerprint density at radius 2 is 1.71 bits per heavy atom. The zero-order chi connectivity index (χ0) is 18.3. The van der Waals surface area contributed by atoms with Crippen molar-refractivity contribution in [3.8, 4) is 0 Å². The Balaban J connectivity index is 2.41. The van der Waals surface area contributed by atoms with Crippen LogP contribution in [-0.2, 0) is 19.4 Å². The molecule has 5 nitrogen and oxygen atoms in total. The van der Waals surface area contributed by atoms with Gasteiger partial charge in [-0.3, -0.25) is 9.78 Å². The molecule has 0 aliphatic heterocycles. The van der Waals surface area contributed by atoms with Crippen molar-refractivity contribution in [3.05, 3.63) is 41.1 Å². The summed E-state index contributed by atoms with van der Waals surface area (Å²) in [7, 11) is 0.891. The fourth-order valence-electron chi connectivity index (χ4n) is 1.80. The van der Waals surface area contributed by atoms with E-state index in [1.54, 1.807) is 5.32 Å². The number of amides is 1. The van der Waals surface area contributed by atoms with Crippen molar-refractivity contribution >= 4 is 11.7 Å².